The van der Waals surface area contributed by atoms with Crippen molar-refractivity contribution in [1.29, 1.82) is 0 Å². The summed E-state index contributed by atoms with van der Waals surface area (Å²) in [5.74, 6) is 1.19. The van der Waals surface area contributed by atoms with Crippen LogP contribution >= 0.6 is 11.8 Å². The van der Waals surface area contributed by atoms with Crippen molar-refractivity contribution in [2.45, 2.75) is 44.4 Å². The lowest BCUT2D eigenvalue weighted by atomic mass is 9.97. The van der Waals surface area contributed by atoms with Gasteiger partial charge >= 0.3 is 0 Å². The minimum Gasteiger partial charge on any atom is -0.444 e. The number of nitrogens with zero attached hydrogens (tertiary/aromatic N) is 1. The predicted octanol–water partition coefficient (Wildman–Crippen LogP) is 4.18. The maximum atomic E-state index is 12.2. The molecule has 0 saturated heterocycles. The molecule has 2 aromatic rings. The zero-order chi connectivity index (χ0) is 16.3. The Balaban J connectivity index is 2.07. The summed E-state index contributed by atoms with van der Waals surface area (Å²) in [6.45, 7) is 7.98. The van der Waals surface area contributed by atoms with Crippen LogP contribution in [0.4, 0.5) is 5.69 Å². The number of thioether (sulfide) groups is 1. The van der Waals surface area contributed by atoms with E-state index in [4.69, 9.17) is 4.42 Å². The number of amides is 1. The van der Waals surface area contributed by atoms with Crippen LogP contribution in [-0.2, 0) is 16.6 Å². The zero-order valence-electron chi connectivity index (χ0n) is 13.7. The van der Waals surface area contributed by atoms with Gasteiger partial charge in [0.25, 0.3) is 0 Å². The van der Waals surface area contributed by atoms with Crippen molar-refractivity contribution in [2.75, 3.05) is 11.6 Å². The van der Waals surface area contributed by atoms with E-state index in [9.17, 15) is 4.79 Å². The molecular weight excluding hydrogens is 296 g/mol. The first-order valence-electron chi connectivity index (χ1n) is 7.20. The number of rotatable bonds is 4. The Morgan fingerprint density at radius 3 is 2.68 bits per heavy atom. The fourth-order valence-electron chi connectivity index (χ4n) is 1.96. The second kappa shape index (κ2) is 6.57. The highest BCUT2D eigenvalue weighted by molar-refractivity contribution is 7.98. The van der Waals surface area contributed by atoms with E-state index in [0.29, 0.717) is 11.7 Å². The summed E-state index contributed by atoms with van der Waals surface area (Å²) in [7, 11) is 0. The first-order valence-corrected chi connectivity index (χ1v) is 8.43. The number of nitrogens with one attached hydrogen (secondary N) is 1. The van der Waals surface area contributed by atoms with Crippen LogP contribution in [0.3, 0.4) is 0 Å². The predicted molar refractivity (Wildman–Crippen MR) is 90.5 cm³/mol. The zero-order valence-corrected chi connectivity index (χ0v) is 14.5. The molecule has 0 unspecified atom stereocenters. The van der Waals surface area contributed by atoms with Gasteiger partial charge in [-0.15, -0.1) is 11.8 Å². The topological polar surface area (TPSA) is 55.1 Å². The Bertz CT molecular complexity index is 672. The van der Waals surface area contributed by atoms with Gasteiger partial charge < -0.3 is 9.73 Å². The molecule has 0 aliphatic heterocycles. The highest BCUT2D eigenvalue weighted by Gasteiger charge is 2.23. The monoisotopic (exact) mass is 318 g/mol. The fraction of sp³-hybridized carbons (Fsp3) is 0.412. The largest absolute Gasteiger partial charge is 0.444 e. The molecule has 0 radical (unpaired) electrons. The van der Waals surface area contributed by atoms with Crippen molar-refractivity contribution in [3.8, 4) is 0 Å². The Hall–Kier alpha value is -1.75. The Morgan fingerprint density at radius 2 is 2.09 bits per heavy atom. The number of aryl methyl sites for hydroxylation is 1. The molecule has 118 valence electrons. The molecule has 2 rings (SSSR count). The maximum Gasteiger partial charge on any atom is 0.232 e. The van der Waals surface area contributed by atoms with E-state index in [1.54, 1.807) is 11.8 Å². The lowest BCUT2D eigenvalue weighted by Gasteiger charge is -2.12. The molecule has 0 saturated carbocycles. The van der Waals surface area contributed by atoms with Gasteiger partial charge in [0.1, 0.15) is 5.76 Å². The summed E-state index contributed by atoms with van der Waals surface area (Å²) in [6, 6.07) is 7.78. The smallest absolute Gasteiger partial charge is 0.232 e. The summed E-state index contributed by atoms with van der Waals surface area (Å²) in [5, 5.41) is 2.90. The van der Waals surface area contributed by atoms with Crippen molar-refractivity contribution in [3.05, 3.63) is 41.6 Å². The molecule has 22 heavy (non-hydrogen) atoms. The number of hydrogen-bond donors (Lipinski definition) is 1. The first kappa shape index (κ1) is 16.6. The first-order chi connectivity index (χ1) is 10.3. The van der Waals surface area contributed by atoms with Gasteiger partial charge in [-0.3, -0.25) is 4.79 Å². The van der Waals surface area contributed by atoms with Gasteiger partial charge in [-0.05, 0) is 31.4 Å². The van der Waals surface area contributed by atoms with Gasteiger partial charge in [-0.1, -0.05) is 26.8 Å². The molecular formula is C17H22N2O2S. The number of hydrogen-bond acceptors (Lipinski definition) is 4. The van der Waals surface area contributed by atoms with E-state index in [-0.39, 0.29) is 17.7 Å². The van der Waals surface area contributed by atoms with Crippen molar-refractivity contribution >= 4 is 23.4 Å². The van der Waals surface area contributed by atoms with Crippen LogP contribution in [0.1, 0.15) is 38.1 Å². The molecule has 1 heterocycles. The van der Waals surface area contributed by atoms with Crippen LogP contribution in [0.5, 0.6) is 0 Å². The van der Waals surface area contributed by atoms with Crippen molar-refractivity contribution in [2.24, 2.45) is 0 Å². The number of carbonyl (C=O) groups excluding carboxylic acids is 1. The molecule has 0 bridgehead atoms. The lowest BCUT2D eigenvalue weighted by molar-refractivity contribution is -0.115. The minimum atomic E-state index is -0.161. The van der Waals surface area contributed by atoms with Gasteiger partial charge in [0.2, 0.25) is 5.91 Å². The van der Waals surface area contributed by atoms with Crippen LogP contribution < -0.4 is 5.32 Å². The van der Waals surface area contributed by atoms with Crippen molar-refractivity contribution in [1.82, 2.24) is 4.98 Å². The summed E-state index contributed by atoms with van der Waals surface area (Å²) < 4.78 is 5.76. The van der Waals surface area contributed by atoms with Crippen LogP contribution in [-0.4, -0.2) is 17.1 Å². The van der Waals surface area contributed by atoms with Gasteiger partial charge in [0.05, 0.1) is 12.1 Å². The van der Waals surface area contributed by atoms with Crippen LogP contribution in [0.15, 0.2) is 33.6 Å². The Kier molecular flexibility index (Phi) is 4.96. The van der Waals surface area contributed by atoms with Gasteiger partial charge in [0.15, 0.2) is 5.89 Å². The molecule has 1 aromatic heterocycles. The second-order valence-corrected chi connectivity index (χ2v) is 7.11. The van der Waals surface area contributed by atoms with Crippen molar-refractivity contribution in [3.63, 3.8) is 0 Å². The van der Waals surface area contributed by atoms with E-state index >= 15 is 0 Å². The molecule has 0 fully saturated rings. The summed E-state index contributed by atoms with van der Waals surface area (Å²) >= 11 is 1.64. The third kappa shape index (κ3) is 4.13. The third-order valence-corrected chi connectivity index (χ3v) is 3.93. The van der Waals surface area contributed by atoms with E-state index in [2.05, 4.69) is 10.3 Å². The van der Waals surface area contributed by atoms with Gasteiger partial charge in [-0.2, -0.15) is 0 Å². The average molecular weight is 318 g/mol. The molecule has 0 atom stereocenters. The molecule has 5 heteroatoms. The minimum absolute atomic E-state index is 0.0991. The molecule has 1 amide bonds. The van der Waals surface area contributed by atoms with Gasteiger partial charge in [0, 0.05) is 16.0 Å². The number of anilines is 1. The van der Waals surface area contributed by atoms with Crippen LogP contribution in [0.2, 0.25) is 0 Å². The molecule has 4 nitrogen and oxygen atoms in total. The number of oxazole rings is 1. The number of benzene rings is 1. The van der Waals surface area contributed by atoms with E-state index in [1.165, 1.54) is 0 Å². The fourth-order valence-corrected chi connectivity index (χ4v) is 2.42. The van der Waals surface area contributed by atoms with Gasteiger partial charge in [-0.25, -0.2) is 4.98 Å². The van der Waals surface area contributed by atoms with E-state index in [1.807, 2.05) is 58.2 Å². The number of aromatic nitrogens is 1. The standard InChI is InChI=1S/C17H22N2O2S/c1-11-14(21-16(18-11)17(2,3)4)10-15(20)19-12-7-6-8-13(9-12)22-5/h6-9H,10H2,1-5H3,(H,19,20). The molecule has 0 spiro atoms. The highest BCUT2D eigenvalue weighted by Crippen LogP contribution is 2.24. The van der Waals surface area contributed by atoms with E-state index in [0.717, 1.165) is 16.3 Å². The molecule has 0 aliphatic rings. The normalized spacial score (nSPS) is 11.5. The number of carbonyl (C=O) groups is 1. The van der Waals surface area contributed by atoms with E-state index < -0.39 is 0 Å². The molecule has 1 N–H and O–H groups in total. The Labute approximate surface area is 135 Å². The average Bonchev–Trinajstić information content (AvgIpc) is 2.80. The maximum absolute atomic E-state index is 12.2. The summed E-state index contributed by atoms with van der Waals surface area (Å²) in [6.07, 6.45) is 2.20. The van der Waals surface area contributed by atoms with Crippen molar-refractivity contribution < 1.29 is 9.21 Å². The summed E-state index contributed by atoms with van der Waals surface area (Å²) in [5.41, 5.74) is 1.41. The molecule has 0 aliphatic carbocycles. The lowest BCUT2D eigenvalue weighted by Crippen LogP contribution is -2.14. The molecule has 1 aromatic carbocycles. The SMILES string of the molecule is CSc1cccc(NC(=O)Cc2oc(C(C)(C)C)nc2C)c1. The highest BCUT2D eigenvalue weighted by atomic mass is 32.2. The Morgan fingerprint density at radius 1 is 1.36 bits per heavy atom. The van der Waals surface area contributed by atoms with Crippen LogP contribution in [0.25, 0.3) is 0 Å². The third-order valence-electron chi connectivity index (χ3n) is 3.21. The van der Waals surface area contributed by atoms with Crippen LogP contribution in [0, 0.1) is 6.92 Å². The quantitative estimate of drug-likeness (QED) is 0.859. The second-order valence-electron chi connectivity index (χ2n) is 6.23. The summed E-state index contributed by atoms with van der Waals surface area (Å²) in [4.78, 5) is 17.7.